The molecule has 6 nitrogen and oxygen atoms in total. The van der Waals surface area contributed by atoms with Gasteiger partial charge in [0.1, 0.15) is 9.77 Å². The highest BCUT2D eigenvalue weighted by molar-refractivity contribution is 7.89. The average Bonchev–Trinajstić information content (AvgIpc) is 2.97. The minimum atomic E-state index is -3.72. The summed E-state index contributed by atoms with van der Waals surface area (Å²) in [6.07, 6.45) is 2.03. The van der Waals surface area contributed by atoms with E-state index in [2.05, 4.69) is 14.8 Å². The number of carbonyl (C=O) groups is 1. The van der Waals surface area contributed by atoms with Crippen LogP contribution in [0.1, 0.15) is 29.4 Å². The Balaban J connectivity index is 2.14. The lowest BCUT2D eigenvalue weighted by Gasteiger charge is -2.28. The molecule has 2 heterocycles. The highest BCUT2D eigenvalue weighted by Crippen LogP contribution is 2.24. The van der Waals surface area contributed by atoms with Crippen molar-refractivity contribution in [2.45, 2.75) is 30.7 Å². The fourth-order valence-electron chi connectivity index (χ4n) is 2.46. The van der Waals surface area contributed by atoms with Gasteiger partial charge >= 0.3 is 5.97 Å². The van der Waals surface area contributed by atoms with Crippen LogP contribution in [-0.2, 0) is 14.8 Å². The molecule has 1 aliphatic heterocycles. The third-order valence-corrected chi connectivity index (χ3v) is 6.30. The minimum Gasteiger partial charge on any atom is -0.465 e. The van der Waals surface area contributed by atoms with E-state index in [1.165, 1.54) is 13.2 Å². The molecule has 0 bridgehead atoms. The number of sulfonamides is 1. The molecule has 1 fully saturated rings. The van der Waals surface area contributed by atoms with Gasteiger partial charge in [-0.3, -0.25) is 0 Å². The standard InChI is InChI=1S/C13H20N2O4S2/c1-9(10-4-3-6-14-8-10)15-21(17,18)11-5-7-20-12(11)13(16)19-2/h5,7,9-10,14-15H,3-4,6,8H2,1-2H3. The number of nitrogens with one attached hydrogen (secondary N) is 2. The summed E-state index contributed by atoms with van der Waals surface area (Å²) in [7, 11) is -2.48. The second-order valence-electron chi connectivity index (χ2n) is 5.12. The van der Waals surface area contributed by atoms with E-state index in [9.17, 15) is 13.2 Å². The van der Waals surface area contributed by atoms with Gasteiger partial charge in [0, 0.05) is 6.04 Å². The van der Waals surface area contributed by atoms with Gasteiger partial charge in [-0.1, -0.05) is 0 Å². The van der Waals surface area contributed by atoms with Crippen LogP contribution in [0.15, 0.2) is 16.3 Å². The summed E-state index contributed by atoms with van der Waals surface area (Å²) in [4.78, 5) is 11.7. The maximum Gasteiger partial charge on any atom is 0.349 e. The number of piperidine rings is 1. The lowest BCUT2D eigenvalue weighted by molar-refractivity contribution is 0.0602. The molecule has 0 saturated carbocycles. The molecular weight excluding hydrogens is 312 g/mol. The quantitative estimate of drug-likeness (QED) is 0.792. The molecular formula is C13H20N2O4S2. The van der Waals surface area contributed by atoms with E-state index in [1.54, 1.807) is 5.38 Å². The van der Waals surface area contributed by atoms with Crippen molar-refractivity contribution >= 4 is 27.3 Å². The fraction of sp³-hybridized carbons (Fsp3) is 0.615. The molecule has 2 unspecified atom stereocenters. The highest BCUT2D eigenvalue weighted by Gasteiger charge is 2.29. The number of thiophene rings is 1. The zero-order valence-corrected chi connectivity index (χ0v) is 13.7. The van der Waals surface area contributed by atoms with Crippen molar-refractivity contribution in [1.29, 1.82) is 0 Å². The highest BCUT2D eigenvalue weighted by atomic mass is 32.2. The number of rotatable bonds is 5. The van der Waals surface area contributed by atoms with Crippen molar-refractivity contribution in [1.82, 2.24) is 10.0 Å². The first-order valence-electron chi connectivity index (χ1n) is 6.84. The molecule has 1 aromatic rings. The number of hydrogen-bond acceptors (Lipinski definition) is 6. The van der Waals surface area contributed by atoms with E-state index >= 15 is 0 Å². The molecule has 0 aliphatic carbocycles. The summed E-state index contributed by atoms with van der Waals surface area (Å²) in [5, 5.41) is 4.85. The maximum absolute atomic E-state index is 12.5. The summed E-state index contributed by atoms with van der Waals surface area (Å²) in [6.45, 7) is 3.64. The summed E-state index contributed by atoms with van der Waals surface area (Å²) in [5.41, 5.74) is 0. The van der Waals surface area contributed by atoms with Crippen LogP contribution in [-0.4, -0.2) is 40.6 Å². The number of esters is 1. The third kappa shape index (κ3) is 3.82. The normalized spacial score (nSPS) is 21.0. The van der Waals surface area contributed by atoms with Crippen molar-refractivity contribution < 1.29 is 17.9 Å². The largest absolute Gasteiger partial charge is 0.465 e. The summed E-state index contributed by atoms with van der Waals surface area (Å²) < 4.78 is 32.2. The Morgan fingerprint density at radius 3 is 2.95 bits per heavy atom. The number of methoxy groups -OCH3 is 1. The van der Waals surface area contributed by atoms with Gasteiger partial charge in [-0.15, -0.1) is 11.3 Å². The summed E-state index contributed by atoms with van der Waals surface area (Å²) in [6, 6.07) is 1.25. The number of carbonyl (C=O) groups excluding carboxylic acids is 1. The van der Waals surface area contributed by atoms with Crippen LogP contribution < -0.4 is 10.0 Å². The summed E-state index contributed by atoms with van der Waals surface area (Å²) in [5.74, 6) is -0.369. The molecule has 8 heteroatoms. The predicted octanol–water partition coefficient (Wildman–Crippen LogP) is 1.20. The monoisotopic (exact) mass is 332 g/mol. The van der Waals surface area contributed by atoms with Crippen molar-refractivity contribution in [3.05, 3.63) is 16.3 Å². The van der Waals surface area contributed by atoms with Crippen LogP contribution in [0.2, 0.25) is 0 Å². The van der Waals surface area contributed by atoms with E-state index < -0.39 is 16.0 Å². The molecule has 2 atom stereocenters. The van der Waals surface area contributed by atoms with Gasteiger partial charge in [-0.05, 0) is 50.2 Å². The first kappa shape index (κ1) is 16.4. The molecule has 0 radical (unpaired) electrons. The van der Waals surface area contributed by atoms with Gasteiger partial charge in [-0.2, -0.15) is 0 Å². The van der Waals surface area contributed by atoms with Gasteiger partial charge in [-0.25, -0.2) is 17.9 Å². The molecule has 0 aromatic carbocycles. The first-order chi connectivity index (χ1) is 9.95. The molecule has 1 aromatic heterocycles. The van der Waals surface area contributed by atoms with Crippen molar-refractivity contribution in [2.75, 3.05) is 20.2 Å². The van der Waals surface area contributed by atoms with Gasteiger partial charge in [0.25, 0.3) is 0 Å². The van der Waals surface area contributed by atoms with Crippen LogP contribution in [0.3, 0.4) is 0 Å². The van der Waals surface area contributed by atoms with Crippen LogP contribution in [0.4, 0.5) is 0 Å². The van der Waals surface area contributed by atoms with Crippen LogP contribution in [0.25, 0.3) is 0 Å². The van der Waals surface area contributed by atoms with E-state index in [4.69, 9.17) is 0 Å². The Kier molecular flexibility index (Phi) is 5.37. The molecule has 118 valence electrons. The zero-order chi connectivity index (χ0) is 15.5. The average molecular weight is 332 g/mol. The fourth-order valence-corrected chi connectivity index (χ4v) is 5.11. The second kappa shape index (κ2) is 6.87. The van der Waals surface area contributed by atoms with Gasteiger partial charge in [0.2, 0.25) is 10.0 Å². The van der Waals surface area contributed by atoms with Crippen molar-refractivity contribution in [2.24, 2.45) is 5.92 Å². The molecule has 2 rings (SSSR count). The van der Waals surface area contributed by atoms with Gasteiger partial charge in [0.05, 0.1) is 7.11 Å². The van der Waals surface area contributed by atoms with Gasteiger partial charge < -0.3 is 10.1 Å². The minimum absolute atomic E-state index is 0.00466. The van der Waals surface area contributed by atoms with E-state index in [0.717, 1.165) is 37.3 Å². The van der Waals surface area contributed by atoms with Crippen LogP contribution >= 0.6 is 11.3 Å². The van der Waals surface area contributed by atoms with Crippen molar-refractivity contribution in [3.8, 4) is 0 Å². The van der Waals surface area contributed by atoms with E-state index in [1.807, 2.05) is 6.92 Å². The Morgan fingerprint density at radius 2 is 2.33 bits per heavy atom. The smallest absolute Gasteiger partial charge is 0.349 e. The zero-order valence-electron chi connectivity index (χ0n) is 12.1. The predicted molar refractivity (Wildman–Crippen MR) is 81.0 cm³/mol. The summed E-state index contributed by atoms with van der Waals surface area (Å²) >= 11 is 1.07. The van der Waals surface area contributed by atoms with E-state index in [0.29, 0.717) is 0 Å². The number of ether oxygens (including phenoxy) is 1. The van der Waals surface area contributed by atoms with E-state index in [-0.39, 0.29) is 21.7 Å². The third-order valence-electron chi connectivity index (χ3n) is 3.67. The molecule has 0 spiro atoms. The maximum atomic E-state index is 12.5. The lowest BCUT2D eigenvalue weighted by atomic mass is 9.94. The van der Waals surface area contributed by atoms with Crippen LogP contribution in [0, 0.1) is 5.92 Å². The van der Waals surface area contributed by atoms with Gasteiger partial charge in [0.15, 0.2) is 0 Å². The van der Waals surface area contributed by atoms with Crippen molar-refractivity contribution in [3.63, 3.8) is 0 Å². The van der Waals surface area contributed by atoms with Crippen LogP contribution in [0.5, 0.6) is 0 Å². The molecule has 0 amide bonds. The topological polar surface area (TPSA) is 84.5 Å². The Hall–Kier alpha value is -0.960. The molecule has 2 N–H and O–H groups in total. The molecule has 1 aliphatic rings. The Morgan fingerprint density at radius 1 is 1.57 bits per heavy atom. The Bertz CT molecular complexity index is 591. The molecule has 21 heavy (non-hydrogen) atoms. The SMILES string of the molecule is COC(=O)c1sccc1S(=O)(=O)NC(C)C1CCCNC1. The first-order valence-corrected chi connectivity index (χ1v) is 9.21. The number of hydrogen-bond donors (Lipinski definition) is 2. The Labute approximate surface area is 128 Å². The molecule has 1 saturated heterocycles. The lowest BCUT2D eigenvalue weighted by Crippen LogP contribution is -2.44. The second-order valence-corrected chi connectivity index (χ2v) is 7.72.